The Bertz CT molecular complexity index is 1390. The smallest absolute Gasteiger partial charge is 0.361 e. The number of hydrogen-bond donors (Lipinski definition) is 1. The molecule has 1 N–H and O–H groups in total. The van der Waals surface area contributed by atoms with Crippen LogP contribution in [0.1, 0.15) is 367 Å². The first-order chi connectivity index (χ1) is 40.1. The Morgan fingerprint density at radius 3 is 0.963 bits per heavy atom. The van der Waals surface area contributed by atoms with E-state index in [1.165, 1.54) is 295 Å². The fourth-order valence-corrected chi connectivity index (χ4v) is 10.9. The van der Waals surface area contributed by atoms with Crippen LogP contribution in [0.4, 0.5) is 0 Å². The molecular formula is C73H140NO8+. The normalized spacial score (nSPS) is 12.7. The van der Waals surface area contributed by atoms with Crippen molar-refractivity contribution in [3.8, 4) is 0 Å². The number of likely N-dealkylation sites (N-methyl/N-ethyl adjacent to an activating group) is 1. The van der Waals surface area contributed by atoms with E-state index in [0.29, 0.717) is 17.4 Å². The third-order valence-electron chi connectivity index (χ3n) is 16.5. The van der Waals surface area contributed by atoms with Crippen LogP contribution in [0.25, 0.3) is 0 Å². The second kappa shape index (κ2) is 64.8. The van der Waals surface area contributed by atoms with Gasteiger partial charge in [-0.1, -0.05) is 334 Å². The molecule has 0 rings (SSSR count). The monoisotopic (exact) mass is 1160 g/mol. The number of unbranched alkanes of at least 4 members (excludes halogenated alkanes) is 49. The highest BCUT2D eigenvalue weighted by Crippen LogP contribution is 2.19. The third-order valence-corrected chi connectivity index (χ3v) is 16.5. The Morgan fingerprint density at radius 2 is 0.659 bits per heavy atom. The van der Waals surface area contributed by atoms with Crippen molar-refractivity contribution in [2.45, 2.75) is 379 Å². The number of quaternary nitrogens is 1. The van der Waals surface area contributed by atoms with Crippen LogP contribution in [-0.4, -0.2) is 87.4 Å². The second-order valence-electron chi connectivity index (χ2n) is 25.9. The highest BCUT2D eigenvalue weighted by Gasteiger charge is 2.25. The predicted molar refractivity (Wildman–Crippen MR) is 351 cm³/mol. The average Bonchev–Trinajstić information content (AvgIpc) is 3.45. The highest BCUT2D eigenvalue weighted by atomic mass is 16.7. The van der Waals surface area contributed by atoms with Crippen molar-refractivity contribution in [2.75, 3.05) is 47.5 Å². The van der Waals surface area contributed by atoms with E-state index in [1.54, 1.807) is 0 Å². The summed E-state index contributed by atoms with van der Waals surface area (Å²) in [5, 5.41) is 9.74. The van der Waals surface area contributed by atoms with Gasteiger partial charge in [-0.15, -0.1) is 0 Å². The van der Waals surface area contributed by atoms with E-state index in [9.17, 15) is 19.5 Å². The van der Waals surface area contributed by atoms with Crippen LogP contribution in [0, 0.1) is 0 Å². The Balaban J connectivity index is 4.01. The van der Waals surface area contributed by atoms with Gasteiger partial charge < -0.3 is 28.5 Å². The minimum Gasteiger partial charge on any atom is -0.477 e. The SMILES string of the molecule is CCCCCCC/C=C\C/C=C\CCCCCCCCCCCCCC(=O)OC(COC(=O)CCCCCCCCCCCCCCCCCCCCCCCCCCCCCCCCCCCC)COC(OCC[N+](C)(C)C)C(=O)O. The zero-order chi connectivity index (χ0) is 59.8. The molecule has 0 saturated heterocycles. The molecule has 484 valence electrons. The van der Waals surface area contributed by atoms with Crippen LogP contribution in [0.15, 0.2) is 24.3 Å². The number of hydrogen-bond acceptors (Lipinski definition) is 7. The number of carboxylic acid groups (broad SMARTS) is 1. The molecule has 0 bridgehead atoms. The lowest BCUT2D eigenvalue weighted by atomic mass is 10.0. The number of esters is 2. The Morgan fingerprint density at radius 1 is 0.366 bits per heavy atom. The molecule has 2 atom stereocenters. The van der Waals surface area contributed by atoms with Gasteiger partial charge in [0.05, 0.1) is 34.4 Å². The standard InChI is InChI=1S/C73H139NO8/c1-6-8-10-12-14-16-18-20-22-24-26-28-30-31-32-33-34-35-36-37-38-39-40-42-43-45-47-49-51-53-55-57-59-61-63-70(75)80-67-69(68-81-73(72(77)78)79-66-65-74(3,4)5)82-71(76)64-62-60-58-56-54-52-50-48-46-44-41-29-27-25-23-21-19-17-15-13-11-9-7-2/h19,21,25,27,69,73H,6-18,20,22-24,26,28-68H2,1-5H3/p+1/b21-19-,27-25-. The molecule has 0 saturated carbocycles. The predicted octanol–water partition coefficient (Wildman–Crippen LogP) is 22.2. The lowest BCUT2D eigenvalue weighted by Crippen LogP contribution is -2.40. The van der Waals surface area contributed by atoms with Gasteiger partial charge in [0.15, 0.2) is 6.10 Å². The fraction of sp³-hybridized carbons (Fsp3) is 0.904. The van der Waals surface area contributed by atoms with E-state index in [0.717, 1.165) is 44.9 Å². The molecule has 9 nitrogen and oxygen atoms in total. The maximum Gasteiger partial charge on any atom is 0.361 e. The van der Waals surface area contributed by atoms with Crippen molar-refractivity contribution in [1.29, 1.82) is 0 Å². The molecule has 0 aliphatic heterocycles. The lowest BCUT2D eigenvalue weighted by molar-refractivity contribution is -0.870. The highest BCUT2D eigenvalue weighted by molar-refractivity contribution is 5.71. The molecule has 0 radical (unpaired) electrons. The first-order valence-corrected chi connectivity index (χ1v) is 36.0. The minimum absolute atomic E-state index is 0.177. The quantitative estimate of drug-likeness (QED) is 0.0211. The van der Waals surface area contributed by atoms with Crippen LogP contribution < -0.4 is 0 Å². The van der Waals surface area contributed by atoms with Crippen LogP contribution in [0.5, 0.6) is 0 Å². The van der Waals surface area contributed by atoms with Crippen molar-refractivity contribution < 1.29 is 42.9 Å². The molecule has 0 aromatic heterocycles. The zero-order valence-electron chi connectivity index (χ0n) is 55.4. The van der Waals surface area contributed by atoms with Crippen LogP contribution in [0.2, 0.25) is 0 Å². The number of nitrogens with zero attached hydrogens (tertiary/aromatic N) is 1. The Hall–Kier alpha value is -2.23. The number of ether oxygens (including phenoxy) is 4. The average molecular weight is 1160 g/mol. The number of carbonyl (C=O) groups is 3. The maximum atomic E-state index is 12.9. The van der Waals surface area contributed by atoms with E-state index in [1.807, 2.05) is 21.1 Å². The van der Waals surface area contributed by atoms with Crippen molar-refractivity contribution in [3.05, 3.63) is 24.3 Å². The van der Waals surface area contributed by atoms with E-state index in [2.05, 4.69) is 38.2 Å². The van der Waals surface area contributed by atoms with Gasteiger partial charge in [0.2, 0.25) is 0 Å². The summed E-state index contributed by atoms with van der Waals surface area (Å²) in [5.41, 5.74) is 0. The van der Waals surface area contributed by atoms with Crippen molar-refractivity contribution in [1.82, 2.24) is 0 Å². The summed E-state index contributed by atoms with van der Waals surface area (Å²) in [6, 6.07) is 0. The van der Waals surface area contributed by atoms with Gasteiger partial charge in [0.25, 0.3) is 6.29 Å². The number of allylic oxidation sites excluding steroid dienone is 4. The van der Waals surface area contributed by atoms with E-state index >= 15 is 0 Å². The molecule has 9 heteroatoms. The van der Waals surface area contributed by atoms with Crippen molar-refractivity contribution in [3.63, 3.8) is 0 Å². The summed E-state index contributed by atoms with van der Waals surface area (Å²) < 4.78 is 23.0. The number of carbonyl (C=O) groups excluding carboxylic acids is 2. The summed E-state index contributed by atoms with van der Waals surface area (Å²) in [4.78, 5) is 37.6. The molecule has 0 heterocycles. The van der Waals surface area contributed by atoms with Gasteiger partial charge in [-0.3, -0.25) is 9.59 Å². The summed E-state index contributed by atoms with van der Waals surface area (Å²) in [6.45, 7) is 4.94. The van der Waals surface area contributed by atoms with E-state index < -0.39 is 18.4 Å². The molecule has 0 aromatic rings. The van der Waals surface area contributed by atoms with Crippen molar-refractivity contribution in [2.24, 2.45) is 0 Å². The zero-order valence-corrected chi connectivity index (χ0v) is 55.4. The van der Waals surface area contributed by atoms with Crippen LogP contribution in [-0.2, 0) is 33.3 Å². The van der Waals surface area contributed by atoms with Gasteiger partial charge in [-0.05, 0) is 44.9 Å². The van der Waals surface area contributed by atoms with Gasteiger partial charge in [0.1, 0.15) is 13.2 Å². The Labute approximate surface area is 509 Å². The second-order valence-corrected chi connectivity index (χ2v) is 25.9. The van der Waals surface area contributed by atoms with Gasteiger partial charge in [-0.2, -0.15) is 0 Å². The lowest BCUT2D eigenvalue weighted by Gasteiger charge is -2.25. The van der Waals surface area contributed by atoms with Gasteiger partial charge >= 0.3 is 17.9 Å². The largest absolute Gasteiger partial charge is 0.477 e. The summed E-state index contributed by atoms with van der Waals surface area (Å²) in [5.74, 6) is -1.98. The molecule has 0 amide bonds. The number of carboxylic acids is 1. The van der Waals surface area contributed by atoms with Crippen LogP contribution >= 0.6 is 0 Å². The molecule has 0 aliphatic carbocycles. The first kappa shape index (κ1) is 79.8. The summed E-state index contributed by atoms with van der Waals surface area (Å²) >= 11 is 0. The van der Waals surface area contributed by atoms with E-state index in [4.69, 9.17) is 18.9 Å². The maximum absolute atomic E-state index is 12.9. The molecule has 82 heavy (non-hydrogen) atoms. The molecular weight excluding hydrogens is 1020 g/mol. The molecule has 0 aliphatic rings. The number of rotatable bonds is 68. The number of aliphatic carboxylic acids is 1. The van der Waals surface area contributed by atoms with Crippen molar-refractivity contribution >= 4 is 17.9 Å². The summed E-state index contributed by atoms with van der Waals surface area (Å²) in [7, 11) is 5.99. The van der Waals surface area contributed by atoms with Gasteiger partial charge in [-0.25, -0.2) is 4.79 Å². The molecule has 0 aromatic carbocycles. The topological polar surface area (TPSA) is 108 Å². The third kappa shape index (κ3) is 65.3. The molecule has 0 fully saturated rings. The minimum atomic E-state index is -1.51. The van der Waals surface area contributed by atoms with Crippen LogP contribution in [0.3, 0.4) is 0 Å². The first-order valence-electron chi connectivity index (χ1n) is 36.0. The Kier molecular flexibility index (Phi) is 63.0. The fourth-order valence-electron chi connectivity index (χ4n) is 10.9. The molecule has 0 spiro atoms. The molecule has 2 unspecified atom stereocenters. The van der Waals surface area contributed by atoms with Gasteiger partial charge in [0, 0.05) is 12.8 Å². The van der Waals surface area contributed by atoms with E-state index in [-0.39, 0.29) is 38.2 Å². The summed E-state index contributed by atoms with van der Waals surface area (Å²) in [6.07, 6.45) is 77.4.